The summed E-state index contributed by atoms with van der Waals surface area (Å²) in [6.45, 7) is 8.27. The van der Waals surface area contributed by atoms with Gasteiger partial charge in [-0.15, -0.1) is 0 Å². The first-order chi connectivity index (χ1) is 4.85. The van der Waals surface area contributed by atoms with Crippen LogP contribution < -0.4 is 0 Å². The summed E-state index contributed by atoms with van der Waals surface area (Å²) in [5.41, 5.74) is 0. The quantitative estimate of drug-likeness (QED) is 0.501. The first-order valence-corrected chi connectivity index (χ1v) is 4.57. The van der Waals surface area contributed by atoms with Crippen LogP contribution in [0.2, 0.25) is 5.09 Å². The van der Waals surface area contributed by atoms with Crippen LogP contribution in [0.3, 0.4) is 0 Å². The van der Waals surface area contributed by atoms with E-state index in [1.54, 1.807) is 0 Å². The standard InChI is InChI=1S/C8H18N.Li/c1-4-7-9(6-3)8-5-2;/h1,4-8H2,2-3H3;. The van der Waals surface area contributed by atoms with Crippen molar-refractivity contribution in [3.05, 3.63) is 0 Å². The molecule has 0 aliphatic carbocycles. The molecule has 0 saturated heterocycles. The van der Waals surface area contributed by atoms with E-state index in [4.69, 9.17) is 0 Å². The molecule has 0 aliphatic rings. The van der Waals surface area contributed by atoms with Crippen molar-refractivity contribution in [3.8, 4) is 0 Å². The second-order valence-electron chi connectivity index (χ2n) is 2.79. The molecule has 0 bridgehead atoms. The SMILES string of the molecule is [Li][CH2]CCN(CC)CCC. The molecule has 0 spiro atoms. The zero-order valence-corrected chi connectivity index (χ0v) is 7.69. The van der Waals surface area contributed by atoms with Gasteiger partial charge < -0.3 is 0 Å². The van der Waals surface area contributed by atoms with Crippen molar-refractivity contribution in [3.63, 3.8) is 0 Å². The van der Waals surface area contributed by atoms with E-state index in [2.05, 4.69) is 36.5 Å². The number of hydrogen-bond donors (Lipinski definition) is 0. The van der Waals surface area contributed by atoms with Gasteiger partial charge in [0.25, 0.3) is 0 Å². The van der Waals surface area contributed by atoms with Crippen LogP contribution in [-0.2, 0) is 0 Å². The molecule has 0 aliphatic heterocycles. The molecule has 0 aromatic carbocycles. The Kier molecular flexibility index (Phi) is 8.09. The Bertz CT molecular complexity index is 66.3. The van der Waals surface area contributed by atoms with E-state index in [0.29, 0.717) is 0 Å². The van der Waals surface area contributed by atoms with Crippen molar-refractivity contribution in [1.82, 2.24) is 4.90 Å². The molecule has 2 heteroatoms. The fourth-order valence-electron chi connectivity index (χ4n) is 1.13. The van der Waals surface area contributed by atoms with E-state index < -0.39 is 0 Å². The van der Waals surface area contributed by atoms with E-state index in [1.165, 1.54) is 37.6 Å². The van der Waals surface area contributed by atoms with Crippen molar-refractivity contribution in [2.45, 2.75) is 31.8 Å². The second-order valence-corrected chi connectivity index (χ2v) is 2.79. The van der Waals surface area contributed by atoms with Gasteiger partial charge in [-0.2, -0.15) is 0 Å². The number of rotatable bonds is 6. The molecule has 10 heavy (non-hydrogen) atoms. The molecular weight excluding hydrogens is 117 g/mol. The minimum atomic E-state index is 1.22. The zero-order valence-electron chi connectivity index (χ0n) is 7.69. The summed E-state index contributed by atoms with van der Waals surface area (Å²) in [7, 11) is 0. The molecule has 1 nitrogen and oxygen atoms in total. The summed E-state index contributed by atoms with van der Waals surface area (Å²) in [5, 5.41) is 1.32. The molecule has 0 amide bonds. The Morgan fingerprint density at radius 3 is 2.30 bits per heavy atom. The van der Waals surface area contributed by atoms with Gasteiger partial charge in [-0.3, -0.25) is 0 Å². The summed E-state index contributed by atoms with van der Waals surface area (Å²) in [4.78, 5) is 2.52. The van der Waals surface area contributed by atoms with Gasteiger partial charge >= 0.3 is 74.0 Å². The van der Waals surface area contributed by atoms with Gasteiger partial charge in [0, 0.05) is 0 Å². The molecule has 0 N–H and O–H groups in total. The van der Waals surface area contributed by atoms with E-state index in [1.807, 2.05) is 0 Å². The molecule has 0 atom stereocenters. The predicted molar refractivity (Wildman–Crippen MR) is 47.6 cm³/mol. The van der Waals surface area contributed by atoms with Crippen LogP contribution in [0, 0.1) is 0 Å². The molecule has 0 aromatic rings. The van der Waals surface area contributed by atoms with Gasteiger partial charge in [-0.1, -0.05) is 0 Å². The van der Waals surface area contributed by atoms with E-state index in [9.17, 15) is 0 Å². The molecule has 0 radical (unpaired) electrons. The summed E-state index contributed by atoms with van der Waals surface area (Å²) >= 11 is 2.25. The molecule has 0 saturated carbocycles. The Hall–Kier alpha value is 0.557. The van der Waals surface area contributed by atoms with Crippen LogP contribution in [0.1, 0.15) is 26.7 Å². The number of hydrogen-bond acceptors (Lipinski definition) is 1. The predicted octanol–water partition coefficient (Wildman–Crippen LogP) is 1.70. The molecule has 0 heterocycles. The molecule has 0 unspecified atom stereocenters. The second kappa shape index (κ2) is 7.66. The summed E-state index contributed by atoms with van der Waals surface area (Å²) in [5.74, 6) is 0. The van der Waals surface area contributed by atoms with E-state index in [0.717, 1.165) is 0 Å². The zero-order chi connectivity index (χ0) is 7.82. The molecule has 0 rings (SSSR count). The van der Waals surface area contributed by atoms with Crippen molar-refractivity contribution < 1.29 is 0 Å². The molecule has 0 fully saturated rings. The molecule has 56 valence electrons. The summed E-state index contributed by atoms with van der Waals surface area (Å²) in [6, 6.07) is 0. The Labute approximate surface area is 74.4 Å². The van der Waals surface area contributed by atoms with Gasteiger partial charge in [0.2, 0.25) is 0 Å². The molecule has 0 aromatic heterocycles. The topological polar surface area (TPSA) is 3.24 Å². The Morgan fingerprint density at radius 2 is 1.90 bits per heavy atom. The number of nitrogens with zero attached hydrogens (tertiary/aromatic N) is 1. The monoisotopic (exact) mass is 135 g/mol. The van der Waals surface area contributed by atoms with Gasteiger partial charge in [-0.25, -0.2) is 0 Å². The van der Waals surface area contributed by atoms with E-state index >= 15 is 0 Å². The maximum absolute atomic E-state index is 2.52. The van der Waals surface area contributed by atoms with Crippen LogP contribution in [0.25, 0.3) is 0 Å². The Balaban J connectivity index is 3.21. The van der Waals surface area contributed by atoms with Crippen LogP contribution in [0.5, 0.6) is 0 Å². The van der Waals surface area contributed by atoms with Gasteiger partial charge in [-0.05, 0) is 0 Å². The molecular formula is C8H18LiN. The maximum atomic E-state index is 2.52. The average molecular weight is 135 g/mol. The van der Waals surface area contributed by atoms with Crippen LogP contribution in [0.15, 0.2) is 0 Å². The first kappa shape index (κ1) is 10.6. The minimum absolute atomic E-state index is 1.22. The third kappa shape index (κ3) is 5.35. The average Bonchev–Trinajstić information content (AvgIpc) is 1.98. The van der Waals surface area contributed by atoms with Crippen molar-refractivity contribution >= 4 is 17.7 Å². The van der Waals surface area contributed by atoms with Crippen molar-refractivity contribution in [2.24, 2.45) is 0 Å². The fourth-order valence-corrected chi connectivity index (χ4v) is 1.13. The van der Waals surface area contributed by atoms with Gasteiger partial charge in [0.1, 0.15) is 0 Å². The van der Waals surface area contributed by atoms with Crippen molar-refractivity contribution in [1.29, 1.82) is 0 Å². The van der Waals surface area contributed by atoms with Gasteiger partial charge in [0.05, 0.1) is 0 Å². The third-order valence-corrected chi connectivity index (χ3v) is 1.81. The third-order valence-electron chi connectivity index (χ3n) is 1.81. The van der Waals surface area contributed by atoms with Crippen LogP contribution in [0.4, 0.5) is 0 Å². The fraction of sp³-hybridized carbons (Fsp3) is 1.00. The van der Waals surface area contributed by atoms with E-state index in [-0.39, 0.29) is 0 Å². The van der Waals surface area contributed by atoms with Crippen molar-refractivity contribution in [2.75, 3.05) is 19.6 Å². The summed E-state index contributed by atoms with van der Waals surface area (Å²) in [6.07, 6.45) is 2.64. The normalized spacial score (nSPS) is 10.9. The van der Waals surface area contributed by atoms with Crippen LogP contribution >= 0.6 is 0 Å². The first-order valence-electron chi connectivity index (χ1n) is 4.57. The van der Waals surface area contributed by atoms with Gasteiger partial charge in [0.15, 0.2) is 0 Å². The van der Waals surface area contributed by atoms with Crippen LogP contribution in [-0.4, -0.2) is 42.2 Å². The Morgan fingerprint density at radius 1 is 1.20 bits per heavy atom. The summed E-state index contributed by atoms with van der Waals surface area (Å²) < 4.78 is 0.